The molecule has 0 aromatic rings. The van der Waals surface area contributed by atoms with E-state index in [1.165, 1.54) is 12.8 Å². The molecule has 1 fully saturated rings. The highest BCUT2D eigenvalue weighted by Crippen LogP contribution is 2.32. The van der Waals surface area contributed by atoms with Crippen LogP contribution in [0, 0.1) is 5.92 Å². The van der Waals surface area contributed by atoms with E-state index in [0.717, 1.165) is 25.3 Å². The van der Waals surface area contributed by atoms with Gasteiger partial charge < -0.3 is 5.32 Å². The van der Waals surface area contributed by atoms with Crippen molar-refractivity contribution in [3.8, 4) is 0 Å². The van der Waals surface area contributed by atoms with Crippen LogP contribution in [0.2, 0.25) is 0 Å². The second-order valence-electron chi connectivity index (χ2n) is 3.36. The van der Waals surface area contributed by atoms with Crippen LogP contribution in [0.1, 0.15) is 32.6 Å². The van der Waals surface area contributed by atoms with Crippen molar-refractivity contribution in [1.82, 2.24) is 5.32 Å². The first-order valence-corrected chi connectivity index (χ1v) is 4.55. The van der Waals surface area contributed by atoms with Gasteiger partial charge >= 0.3 is 0 Å². The Kier molecular flexibility index (Phi) is 3.57. The van der Waals surface area contributed by atoms with Gasteiger partial charge in [0.25, 0.3) is 0 Å². The van der Waals surface area contributed by atoms with Crippen molar-refractivity contribution in [1.29, 1.82) is 0 Å². The molecule has 64 valence electrons. The molecule has 2 nitrogen and oxygen atoms in total. The molecular formula is C9H17NO. The molecule has 0 spiro atoms. The molecule has 1 rings (SSSR count). The standard InChI is InChI=1S/C9H17NO/c1-2-5-10-7-9(11)6-8-3-4-8/h8,10H,2-7H2,1H3. The molecule has 0 heterocycles. The summed E-state index contributed by atoms with van der Waals surface area (Å²) in [7, 11) is 0. The first-order valence-electron chi connectivity index (χ1n) is 4.55. The number of nitrogens with one attached hydrogen (secondary N) is 1. The van der Waals surface area contributed by atoms with Crippen LogP contribution in [0.25, 0.3) is 0 Å². The highest BCUT2D eigenvalue weighted by Gasteiger charge is 2.23. The molecule has 0 saturated heterocycles. The zero-order valence-electron chi connectivity index (χ0n) is 7.23. The van der Waals surface area contributed by atoms with Crippen LogP contribution in [0.15, 0.2) is 0 Å². The average Bonchev–Trinajstić information content (AvgIpc) is 2.72. The summed E-state index contributed by atoms with van der Waals surface area (Å²) in [6, 6.07) is 0. The Labute approximate surface area is 68.4 Å². The molecule has 1 aliphatic carbocycles. The Balaban J connectivity index is 1.92. The van der Waals surface area contributed by atoms with Gasteiger partial charge in [0.2, 0.25) is 0 Å². The van der Waals surface area contributed by atoms with Gasteiger partial charge in [-0.3, -0.25) is 4.79 Å². The van der Waals surface area contributed by atoms with Crippen molar-refractivity contribution in [2.75, 3.05) is 13.1 Å². The summed E-state index contributed by atoms with van der Waals surface area (Å²) in [5.41, 5.74) is 0. The lowest BCUT2D eigenvalue weighted by Gasteiger charge is -2.00. The summed E-state index contributed by atoms with van der Waals surface area (Å²) in [6.45, 7) is 3.67. The topological polar surface area (TPSA) is 29.1 Å². The van der Waals surface area contributed by atoms with E-state index in [1.54, 1.807) is 0 Å². The maximum absolute atomic E-state index is 11.1. The predicted octanol–water partition coefficient (Wildman–Crippen LogP) is 1.36. The second kappa shape index (κ2) is 4.50. The Morgan fingerprint density at radius 3 is 2.82 bits per heavy atom. The van der Waals surface area contributed by atoms with Crippen LogP contribution < -0.4 is 5.32 Å². The molecule has 0 atom stereocenters. The van der Waals surface area contributed by atoms with E-state index in [9.17, 15) is 4.79 Å². The minimum atomic E-state index is 0.390. The minimum Gasteiger partial charge on any atom is -0.310 e. The van der Waals surface area contributed by atoms with Crippen molar-refractivity contribution in [3.63, 3.8) is 0 Å². The van der Waals surface area contributed by atoms with Crippen molar-refractivity contribution < 1.29 is 4.79 Å². The van der Waals surface area contributed by atoms with E-state index in [1.807, 2.05) is 0 Å². The van der Waals surface area contributed by atoms with E-state index in [4.69, 9.17) is 0 Å². The largest absolute Gasteiger partial charge is 0.310 e. The molecule has 0 aliphatic heterocycles. The molecule has 0 bridgehead atoms. The molecule has 1 N–H and O–H groups in total. The third-order valence-electron chi connectivity index (χ3n) is 1.96. The maximum Gasteiger partial charge on any atom is 0.146 e. The number of hydrogen-bond acceptors (Lipinski definition) is 2. The highest BCUT2D eigenvalue weighted by molar-refractivity contribution is 5.80. The summed E-state index contributed by atoms with van der Waals surface area (Å²) in [6.07, 6.45) is 4.48. The molecule has 0 unspecified atom stereocenters. The smallest absolute Gasteiger partial charge is 0.146 e. The first kappa shape index (κ1) is 8.72. The maximum atomic E-state index is 11.1. The average molecular weight is 155 g/mol. The molecule has 11 heavy (non-hydrogen) atoms. The van der Waals surface area contributed by atoms with Gasteiger partial charge in [0.1, 0.15) is 5.78 Å². The monoisotopic (exact) mass is 155 g/mol. The molecule has 2 heteroatoms. The highest BCUT2D eigenvalue weighted by atomic mass is 16.1. The summed E-state index contributed by atoms with van der Waals surface area (Å²) < 4.78 is 0. The van der Waals surface area contributed by atoms with Gasteiger partial charge in [0.15, 0.2) is 0 Å². The number of Topliss-reactive ketones (excluding diaryl/α,β-unsaturated/α-hetero) is 1. The molecule has 0 radical (unpaired) electrons. The lowest BCUT2D eigenvalue weighted by atomic mass is 10.2. The van der Waals surface area contributed by atoms with Gasteiger partial charge in [-0.15, -0.1) is 0 Å². The molecular weight excluding hydrogens is 138 g/mol. The Bertz CT molecular complexity index is 130. The fraction of sp³-hybridized carbons (Fsp3) is 0.889. The number of carbonyl (C=O) groups is 1. The Morgan fingerprint density at radius 2 is 2.27 bits per heavy atom. The fourth-order valence-corrected chi connectivity index (χ4v) is 1.12. The molecule has 1 aliphatic rings. The van der Waals surface area contributed by atoms with Crippen LogP contribution in [-0.4, -0.2) is 18.9 Å². The summed E-state index contributed by atoms with van der Waals surface area (Å²) in [5.74, 6) is 1.13. The normalized spacial score (nSPS) is 16.8. The van der Waals surface area contributed by atoms with Crippen LogP contribution in [0.4, 0.5) is 0 Å². The van der Waals surface area contributed by atoms with E-state index in [2.05, 4.69) is 12.2 Å². The molecule has 0 aromatic heterocycles. The van der Waals surface area contributed by atoms with Crippen LogP contribution >= 0.6 is 0 Å². The van der Waals surface area contributed by atoms with Crippen LogP contribution in [-0.2, 0) is 4.79 Å². The third-order valence-corrected chi connectivity index (χ3v) is 1.96. The Hall–Kier alpha value is -0.370. The summed E-state index contributed by atoms with van der Waals surface area (Å²) in [4.78, 5) is 11.1. The number of rotatable bonds is 6. The molecule has 0 aromatic carbocycles. The van der Waals surface area contributed by atoms with Gasteiger partial charge in [-0.05, 0) is 31.7 Å². The lowest BCUT2D eigenvalue weighted by molar-refractivity contribution is -0.118. The van der Waals surface area contributed by atoms with Crippen molar-refractivity contribution in [3.05, 3.63) is 0 Å². The predicted molar refractivity (Wildman–Crippen MR) is 45.5 cm³/mol. The lowest BCUT2D eigenvalue weighted by Crippen LogP contribution is -2.23. The SMILES string of the molecule is CCCNCC(=O)CC1CC1. The van der Waals surface area contributed by atoms with Gasteiger partial charge in [0, 0.05) is 6.42 Å². The minimum absolute atomic E-state index is 0.390. The number of carbonyl (C=O) groups excluding carboxylic acids is 1. The summed E-state index contributed by atoms with van der Waals surface area (Å²) in [5, 5.41) is 3.12. The zero-order chi connectivity index (χ0) is 8.10. The van der Waals surface area contributed by atoms with E-state index >= 15 is 0 Å². The van der Waals surface area contributed by atoms with E-state index < -0.39 is 0 Å². The fourth-order valence-electron chi connectivity index (χ4n) is 1.12. The van der Waals surface area contributed by atoms with Gasteiger partial charge in [-0.1, -0.05) is 6.92 Å². The van der Waals surface area contributed by atoms with E-state index in [-0.39, 0.29) is 0 Å². The summed E-state index contributed by atoms with van der Waals surface area (Å²) >= 11 is 0. The molecule has 0 amide bonds. The van der Waals surface area contributed by atoms with Crippen LogP contribution in [0.3, 0.4) is 0 Å². The van der Waals surface area contributed by atoms with Crippen molar-refractivity contribution in [2.45, 2.75) is 32.6 Å². The number of hydrogen-bond donors (Lipinski definition) is 1. The van der Waals surface area contributed by atoms with Gasteiger partial charge in [-0.2, -0.15) is 0 Å². The van der Waals surface area contributed by atoms with Crippen molar-refractivity contribution >= 4 is 5.78 Å². The first-order chi connectivity index (χ1) is 5.33. The molecule has 1 saturated carbocycles. The second-order valence-corrected chi connectivity index (χ2v) is 3.36. The van der Waals surface area contributed by atoms with E-state index in [0.29, 0.717) is 12.3 Å². The van der Waals surface area contributed by atoms with Gasteiger partial charge in [0.05, 0.1) is 6.54 Å². The van der Waals surface area contributed by atoms with Gasteiger partial charge in [-0.25, -0.2) is 0 Å². The zero-order valence-corrected chi connectivity index (χ0v) is 7.23. The quantitative estimate of drug-likeness (QED) is 0.587. The van der Waals surface area contributed by atoms with Crippen molar-refractivity contribution in [2.24, 2.45) is 5.92 Å². The number of ketones is 1. The third kappa shape index (κ3) is 4.14. The Morgan fingerprint density at radius 1 is 1.55 bits per heavy atom. The van der Waals surface area contributed by atoms with Crippen LogP contribution in [0.5, 0.6) is 0 Å².